The first-order chi connectivity index (χ1) is 9.79. The first-order valence-corrected chi connectivity index (χ1v) is 7.12. The monoisotopic (exact) mass is 290 g/mol. The molecule has 1 aromatic carbocycles. The number of benzene rings is 1. The molecule has 0 bridgehead atoms. The van der Waals surface area contributed by atoms with Crippen molar-refractivity contribution in [3.05, 3.63) is 35.4 Å². The molecule has 0 saturated heterocycles. The number of carbonyl (C=O) groups is 2. The number of hydrogen-bond acceptors (Lipinski definition) is 3. The number of fused-ring (bicyclic) bond motifs is 1. The van der Waals surface area contributed by atoms with Crippen molar-refractivity contribution < 1.29 is 14.7 Å². The Morgan fingerprint density at radius 2 is 1.90 bits per heavy atom. The van der Waals surface area contributed by atoms with Crippen LogP contribution in [0.3, 0.4) is 0 Å². The quantitative estimate of drug-likeness (QED) is 0.784. The van der Waals surface area contributed by atoms with Gasteiger partial charge in [0, 0.05) is 6.54 Å². The summed E-state index contributed by atoms with van der Waals surface area (Å²) in [6.07, 6.45) is 0.582. The van der Waals surface area contributed by atoms with Gasteiger partial charge in [0.15, 0.2) is 0 Å². The maximum absolute atomic E-state index is 12.3. The molecule has 0 radical (unpaired) electrons. The van der Waals surface area contributed by atoms with Crippen LogP contribution in [0.15, 0.2) is 24.3 Å². The van der Waals surface area contributed by atoms with Crippen molar-refractivity contribution in [1.29, 1.82) is 0 Å². The Morgan fingerprint density at radius 1 is 1.29 bits per heavy atom. The molecule has 5 nitrogen and oxygen atoms in total. The summed E-state index contributed by atoms with van der Waals surface area (Å²) in [7, 11) is 0. The highest BCUT2D eigenvalue weighted by molar-refractivity contribution is 5.87. The van der Waals surface area contributed by atoms with E-state index in [1.165, 1.54) is 5.56 Å². The highest BCUT2D eigenvalue weighted by Gasteiger charge is 2.35. The summed E-state index contributed by atoms with van der Waals surface area (Å²) in [5, 5.41) is 15.1. The van der Waals surface area contributed by atoms with Crippen LogP contribution >= 0.6 is 0 Å². The minimum atomic E-state index is -1.01. The summed E-state index contributed by atoms with van der Waals surface area (Å²) >= 11 is 0. The molecule has 1 amide bonds. The largest absolute Gasteiger partial charge is 0.480 e. The topological polar surface area (TPSA) is 78.4 Å². The third kappa shape index (κ3) is 3.61. The number of rotatable bonds is 3. The lowest BCUT2D eigenvalue weighted by molar-refractivity contribution is -0.145. The fourth-order valence-electron chi connectivity index (χ4n) is 2.53. The maximum Gasteiger partial charge on any atom is 0.326 e. The van der Waals surface area contributed by atoms with E-state index in [0.717, 1.165) is 5.56 Å². The van der Waals surface area contributed by atoms with Crippen molar-refractivity contribution in [3.8, 4) is 0 Å². The molecule has 21 heavy (non-hydrogen) atoms. The van der Waals surface area contributed by atoms with Crippen LogP contribution in [0, 0.1) is 5.41 Å². The van der Waals surface area contributed by atoms with Gasteiger partial charge in [0.2, 0.25) is 5.91 Å². The molecule has 0 saturated carbocycles. The van der Waals surface area contributed by atoms with E-state index in [4.69, 9.17) is 0 Å². The molecular weight excluding hydrogens is 268 g/mol. The van der Waals surface area contributed by atoms with E-state index in [1.807, 2.05) is 24.3 Å². The van der Waals surface area contributed by atoms with Gasteiger partial charge in [-0.2, -0.15) is 0 Å². The predicted molar refractivity (Wildman–Crippen MR) is 79.8 cm³/mol. The van der Waals surface area contributed by atoms with Gasteiger partial charge in [-0.3, -0.25) is 4.79 Å². The van der Waals surface area contributed by atoms with Crippen LogP contribution in [0.1, 0.15) is 31.9 Å². The van der Waals surface area contributed by atoms with Crippen molar-refractivity contribution in [3.63, 3.8) is 0 Å². The molecule has 1 aliphatic rings. The Kier molecular flexibility index (Phi) is 4.32. The highest BCUT2D eigenvalue weighted by Crippen LogP contribution is 2.21. The zero-order valence-corrected chi connectivity index (χ0v) is 12.6. The average Bonchev–Trinajstić information content (AvgIpc) is 2.42. The summed E-state index contributed by atoms with van der Waals surface area (Å²) in [5.74, 6) is -1.26. The van der Waals surface area contributed by atoms with Crippen LogP contribution in [-0.2, 0) is 22.6 Å². The number of nitrogens with one attached hydrogen (secondary N) is 2. The van der Waals surface area contributed by atoms with E-state index < -0.39 is 17.4 Å². The second-order valence-corrected chi connectivity index (χ2v) is 6.55. The van der Waals surface area contributed by atoms with Gasteiger partial charge in [-0.15, -0.1) is 0 Å². The van der Waals surface area contributed by atoms with Gasteiger partial charge in [0.25, 0.3) is 0 Å². The van der Waals surface area contributed by atoms with Gasteiger partial charge >= 0.3 is 5.97 Å². The molecule has 0 unspecified atom stereocenters. The third-order valence-electron chi connectivity index (χ3n) is 3.80. The smallest absolute Gasteiger partial charge is 0.326 e. The molecule has 2 rings (SSSR count). The van der Waals surface area contributed by atoms with Crippen LogP contribution in [0.2, 0.25) is 0 Å². The molecule has 2 atom stereocenters. The van der Waals surface area contributed by atoms with E-state index in [2.05, 4.69) is 10.6 Å². The zero-order valence-electron chi connectivity index (χ0n) is 12.6. The first-order valence-electron chi connectivity index (χ1n) is 7.12. The van der Waals surface area contributed by atoms with Gasteiger partial charge in [0.05, 0.1) is 6.04 Å². The highest BCUT2D eigenvalue weighted by atomic mass is 16.4. The lowest BCUT2D eigenvalue weighted by atomic mass is 9.86. The minimum absolute atomic E-state index is 0.258. The molecule has 0 aromatic heterocycles. The minimum Gasteiger partial charge on any atom is -0.480 e. The molecule has 114 valence electrons. The van der Waals surface area contributed by atoms with Crippen molar-refractivity contribution in [2.75, 3.05) is 0 Å². The number of carboxylic acids is 1. The zero-order chi connectivity index (χ0) is 15.6. The summed E-state index contributed by atoms with van der Waals surface area (Å²) in [6, 6.07) is 6.68. The molecule has 1 aliphatic heterocycles. The average molecular weight is 290 g/mol. The number of hydrogen-bond donors (Lipinski definition) is 3. The second-order valence-electron chi connectivity index (χ2n) is 6.55. The van der Waals surface area contributed by atoms with Crippen LogP contribution in [0.5, 0.6) is 0 Å². The van der Waals surface area contributed by atoms with Gasteiger partial charge in [-0.05, 0) is 23.0 Å². The maximum atomic E-state index is 12.3. The van der Waals surface area contributed by atoms with Crippen LogP contribution in [-0.4, -0.2) is 29.1 Å². The lowest BCUT2D eigenvalue weighted by Gasteiger charge is -2.31. The van der Waals surface area contributed by atoms with Crippen LogP contribution in [0.4, 0.5) is 0 Å². The Morgan fingerprint density at radius 3 is 2.48 bits per heavy atom. The number of amides is 1. The normalized spacial score (nSPS) is 19.5. The van der Waals surface area contributed by atoms with E-state index in [-0.39, 0.29) is 11.9 Å². The van der Waals surface area contributed by atoms with Crippen molar-refractivity contribution >= 4 is 11.9 Å². The number of carboxylic acid groups (broad SMARTS) is 1. The predicted octanol–water partition coefficient (Wildman–Crippen LogP) is 1.32. The first kappa shape index (κ1) is 15.5. The lowest BCUT2D eigenvalue weighted by Crippen LogP contribution is -2.55. The Bertz CT molecular complexity index is 549. The molecule has 5 heteroatoms. The second kappa shape index (κ2) is 5.85. The molecule has 0 fully saturated rings. The summed E-state index contributed by atoms with van der Waals surface area (Å²) in [4.78, 5) is 23.7. The Labute approximate surface area is 124 Å². The van der Waals surface area contributed by atoms with E-state index in [0.29, 0.717) is 13.0 Å². The van der Waals surface area contributed by atoms with Crippen molar-refractivity contribution in [1.82, 2.24) is 10.6 Å². The van der Waals surface area contributed by atoms with Gasteiger partial charge in [-0.25, -0.2) is 4.79 Å². The standard InChI is InChI=1S/C16H22N2O3/c1-16(2,3)13(15(20)21)18-14(19)12-8-10-6-4-5-7-11(10)9-17-12/h4-7,12-13,17H,8-9H2,1-3H3,(H,18,19)(H,20,21)/t12-,13-/m0/s1. The Balaban J connectivity index is 2.06. The molecule has 0 spiro atoms. The fourth-order valence-corrected chi connectivity index (χ4v) is 2.53. The van der Waals surface area contributed by atoms with Crippen molar-refractivity contribution in [2.24, 2.45) is 5.41 Å². The van der Waals surface area contributed by atoms with E-state index in [9.17, 15) is 14.7 Å². The van der Waals surface area contributed by atoms with E-state index in [1.54, 1.807) is 20.8 Å². The molecule has 1 aromatic rings. The fraction of sp³-hybridized carbons (Fsp3) is 0.500. The third-order valence-corrected chi connectivity index (χ3v) is 3.80. The molecule has 1 heterocycles. The van der Waals surface area contributed by atoms with Crippen LogP contribution < -0.4 is 10.6 Å². The summed E-state index contributed by atoms with van der Waals surface area (Å²) in [6.45, 7) is 6.03. The molecule has 3 N–H and O–H groups in total. The molecular formula is C16H22N2O3. The van der Waals surface area contributed by atoms with Gasteiger partial charge < -0.3 is 15.7 Å². The van der Waals surface area contributed by atoms with E-state index >= 15 is 0 Å². The SMILES string of the molecule is CC(C)(C)[C@@H](NC(=O)[C@@H]1Cc2ccccc2CN1)C(=O)O. The van der Waals surface area contributed by atoms with Gasteiger partial charge in [-0.1, -0.05) is 45.0 Å². The number of carbonyl (C=O) groups excluding carboxylic acids is 1. The summed E-state index contributed by atoms with van der Waals surface area (Å²) < 4.78 is 0. The van der Waals surface area contributed by atoms with Gasteiger partial charge in [0.1, 0.15) is 6.04 Å². The van der Waals surface area contributed by atoms with Crippen LogP contribution in [0.25, 0.3) is 0 Å². The molecule has 0 aliphatic carbocycles. The number of aliphatic carboxylic acids is 1. The Hall–Kier alpha value is -1.88. The summed E-state index contributed by atoms with van der Waals surface area (Å²) in [5.41, 5.74) is 1.79. The van der Waals surface area contributed by atoms with Crippen molar-refractivity contribution in [2.45, 2.75) is 45.8 Å².